The summed E-state index contributed by atoms with van der Waals surface area (Å²) in [5.41, 5.74) is 7.67. The first kappa shape index (κ1) is 12.5. The molecule has 2 fully saturated rings. The van der Waals surface area contributed by atoms with Crippen LogP contribution in [0.1, 0.15) is 0 Å². The SMILES string of the molecule is CN1CC2CN(c3ccc(Br)cc3)CC(C1)C2N. The summed E-state index contributed by atoms with van der Waals surface area (Å²) in [5.74, 6) is 1.21. The first-order valence-electron chi connectivity index (χ1n) is 6.58. The Balaban J connectivity index is 1.79. The maximum absolute atomic E-state index is 6.35. The van der Waals surface area contributed by atoms with Crippen molar-refractivity contribution in [2.24, 2.45) is 17.6 Å². The zero-order valence-electron chi connectivity index (χ0n) is 10.7. The lowest BCUT2D eigenvalue weighted by Crippen LogP contribution is -2.62. The van der Waals surface area contributed by atoms with E-state index in [-0.39, 0.29) is 0 Å². The highest BCUT2D eigenvalue weighted by Gasteiger charge is 2.39. The fourth-order valence-corrected chi connectivity index (χ4v) is 3.63. The first-order valence-corrected chi connectivity index (χ1v) is 7.37. The van der Waals surface area contributed by atoms with Gasteiger partial charge >= 0.3 is 0 Å². The third kappa shape index (κ3) is 2.29. The van der Waals surface area contributed by atoms with Gasteiger partial charge in [0.05, 0.1) is 0 Å². The Morgan fingerprint density at radius 2 is 1.61 bits per heavy atom. The standard InChI is InChI=1S/C14H20BrN3/c1-17-6-10-8-18(9-11(7-17)14(10)16)13-4-2-12(15)3-5-13/h2-5,10-11,14H,6-9,16H2,1H3. The summed E-state index contributed by atoms with van der Waals surface area (Å²) in [6, 6.07) is 9.01. The van der Waals surface area contributed by atoms with E-state index in [1.807, 2.05) is 0 Å². The van der Waals surface area contributed by atoms with E-state index in [1.165, 1.54) is 5.69 Å². The highest BCUT2D eigenvalue weighted by atomic mass is 79.9. The molecule has 2 unspecified atom stereocenters. The van der Waals surface area contributed by atoms with E-state index in [9.17, 15) is 0 Å². The Hall–Kier alpha value is -0.580. The van der Waals surface area contributed by atoms with Crippen molar-refractivity contribution in [1.29, 1.82) is 0 Å². The van der Waals surface area contributed by atoms with Crippen molar-refractivity contribution in [3.05, 3.63) is 28.7 Å². The number of halogens is 1. The van der Waals surface area contributed by atoms with Gasteiger partial charge in [0.2, 0.25) is 0 Å². The minimum atomic E-state index is 0.382. The number of anilines is 1. The van der Waals surface area contributed by atoms with Crippen molar-refractivity contribution in [3.8, 4) is 0 Å². The van der Waals surface area contributed by atoms with Crippen LogP contribution in [0.25, 0.3) is 0 Å². The number of likely N-dealkylation sites (tertiary alicyclic amines) is 1. The molecule has 2 N–H and O–H groups in total. The number of hydrogen-bond acceptors (Lipinski definition) is 3. The second-order valence-corrected chi connectivity index (χ2v) is 6.62. The van der Waals surface area contributed by atoms with Crippen molar-refractivity contribution >= 4 is 21.6 Å². The number of piperidine rings is 2. The van der Waals surface area contributed by atoms with Crippen LogP contribution in [0, 0.1) is 11.8 Å². The molecule has 0 spiro atoms. The van der Waals surface area contributed by atoms with E-state index in [0.717, 1.165) is 30.7 Å². The molecule has 2 atom stereocenters. The van der Waals surface area contributed by atoms with Crippen molar-refractivity contribution in [1.82, 2.24) is 4.90 Å². The molecule has 2 aliphatic heterocycles. The molecule has 3 nitrogen and oxygen atoms in total. The number of rotatable bonds is 1. The molecule has 0 radical (unpaired) electrons. The fourth-order valence-electron chi connectivity index (χ4n) is 3.37. The van der Waals surface area contributed by atoms with Crippen LogP contribution in [-0.2, 0) is 0 Å². The van der Waals surface area contributed by atoms with Crippen LogP contribution in [0.3, 0.4) is 0 Å². The Morgan fingerprint density at radius 1 is 1.06 bits per heavy atom. The largest absolute Gasteiger partial charge is 0.371 e. The third-order valence-electron chi connectivity index (χ3n) is 4.28. The van der Waals surface area contributed by atoms with Gasteiger partial charge in [-0.1, -0.05) is 15.9 Å². The van der Waals surface area contributed by atoms with Gasteiger partial charge in [-0.2, -0.15) is 0 Å². The van der Waals surface area contributed by atoms with Crippen molar-refractivity contribution in [2.45, 2.75) is 6.04 Å². The van der Waals surface area contributed by atoms with Crippen LogP contribution < -0.4 is 10.6 Å². The molecule has 1 aromatic rings. The predicted octanol–water partition coefficient (Wildman–Crippen LogP) is 1.77. The molecule has 98 valence electrons. The summed E-state index contributed by atoms with van der Waals surface area (Å²) >= 11 is 3.49. The Labute approximate surface area is 117 Å². The molecule has 2 saturated heterocycles. The number of fused-ring (bicyclic) bond motifs is 2. The molecule has 0 saturated carbocycles. The van der Waals surface area contributed by atoms with Gasteiger partial charge in [-0.25, -0.2) is 0 Å². The molecule has 1 aromatic carbocycles. The molecule has 0 aromatic heterocycles. The van der Waals surface area contributed by atoms with E-state index >= 15 is 0 Å². The molecular weight excluding hydrogens is 290 g/mol. The third-order valence-corrected chi connectivity index (χ3v) is 4.81. The van der Waals surface area contributed by atoms with Crippen molar-refractivity contribution in [2.75, 3.05) is 38.1 Å². The summed E-state index contributed by atoms with van der Waals surface area (Å²) in [4.78, 5) is 4.93. The molecule has 2 heterocycles. The second kappa shape index (κ2) is 4.83. The molecule has 0 aliphatic carbocycles. The lowest BCUT2D eigenvalue weighted by molar-refractivity contribution is 0.107. The Morgan fingerprint density at radius 3 is 2.17 bits per heavy atom. The van der Waals surface area contributed by atoms with Crippen molar-refractivity contribution in [3.63, 3.8) is 0 Å². The summed E-state index contributed by atoms with van der Waals surface area (Å²) in [6.45, 7) is 4.43. The number of nitrogens with two attached hydrogens (primary N) is 1. The molecular formula is C14H20BrN3. The average Bonchev–Trinajstić information content (AvgIpc) is 2.32. The number of hydrogen-bond donors (Lipinski definition) is 1. The van der Waals surface area contributed by atoms with Gasteiger partial charge in [-0.3, -0.25) is 0 Å². The Bertz CT molecular complexity index is 404. The summed E-state index contributed by atoms with van der Waals surface area (Å²) < 4.78 is 1.14. The van der Waals surface area contributed by atoms with Crippen LogP contribution in [0.15, 0.2) is 28.7 Å². The van der Waals surface area contributed by atoms with Gasteiger partial charge in [0.15, 0.2) is 0 Å². The normalized spacial score (nSPS) is 32.6. The second-order valence-electron chi connectivity index (χ2n) is 5.70. The van der Waals surface area contributed by atoms with E-state index in [0.29, 0.717) is 17.9 Å². The van der Waals surface area contributed by atoms with Gasteiger partial charge in [-0.05, 0) is 31.3 Å². The van der Waals surface area contributed by atoms with Gasteiger partial charge < -0.3 is 15.5 Å². The molecule has 0 amide bonds. The lowest BCUT2D eigenvalue weighted by atomic mass is 9.80. The Kier molecular flexibility index (Phi) is 3.34. The van der Waals surface area contributed by atoms with E-state index in [1.54, 1.807) is 0 Å². The zero-order chi connectivity index (χ0) is 12.7. The van der Waals surface area contributed by atoms with Gasteiger partial charge in [0, 0.05) is 54.2 Å². The fraction of sp³-hybridized carbons (Fsp3) is 0.571. The number of nitrogens with zero attached hydrogens (tertiary/aromatic N) is 2. The zero-order valence-corrected chi connectivity index (χ0v) is 12.3. The summed E-state index contributed by atoms with van der Waals surface area (Å²) in [6.07, 6.45) is 0. The van der Waals surface area contributed by atoms with Gasteiger partial charge in [0.25, 0.3) is 0 Å². The van der Waals surface area contributed by atoms with Crippen LogP contribution >= 0.6 is 15.9 Å². The predicted molar refractivity (Wildman–Crippen MR) is 78.8 cm³/mol. The average molecular weight is 310 g/mol. The van der Waals surface area contributed by atoms with Crippen molar-refractivity contribution < 1.29 is 0 Å². The van der Waals surface area contributed by atoms with E-state index in [4.69, 9.17) is 5.73 Å². The highest BCUT2D eigenvalue weighted by molar-refractivity contribution is 9.10. The molecule has 18 heavy (non-hydrogen) atoms. The molecule has 3 rings (SSSR count). The molecule has 2 aliphatic rings. The van der Waals surface area contributed by atoms with Crippen LogP contribution in [0.5, 0.6) is 0 Å². The van der Waals surface area contributed by atoms with E-state index < -0.39 is 0 Å². The smallest absolute Gasteiger partial charge is 0.0367 e. The molecule has 4 heteroatoms. The van der Waals surface area contributed by atoms with Gasteiger partial charge in [-0.15, -0.1) is 0 Å². The highest BCUT2D eigenvalue weighted by Crippen LogP contribution is 2.30. The quantitative estimate of drug-likeness (QED) is 0.858. The maximum atomic E-state index is 6.35. The first-order chi connectivity index (χ1) is 8.63. The van der Waals surface area contributed by atoms with Crippen LogP contribution in [0.2, 0.25) is 0 Å². The number of benzene rings is 1. The summed E-state index contributed by atoms with van der Waals surface area (Å²) in [5, 5.41) is 0. The monoisotopic (exact) mass is 309 g/mol. The molecule has 2 bridgehead atoms. The maximum Gasteiger partial charge on any atom is 0.0367 e. The minimum Gasteiger partial charge on any atom is -0.371 e. The van der Waals surface area contributed by atoms with Gasteiger partial charge in [0.1, 0.15) is 0 Å². The topological polar surface area (TPSA) is 32.5 Å². The van der Waals surface area contributed by atoms with Crippen LogP contribution in [-0.4, -0.2) is 44.2 Å². The van der Waals surface area contributed by atoms with E-state index in [2.05, 4.69) is 57.0 Å². The minimum absolute atomic E-state index is 0.382. The van der Waals surface area contributed by atoms with Crippen LogP contribution in [0.4, 0.5) is 5.69 Å². The lowest BCUT2D eigenvalue weighted by Gasteiger charge is -2.49. The summed E-state index contributed by atoms with van der Waals surface area (Å²) in [7, 11) is 2.21.